The number of halogens is 1. The highest BCUT2D eigenvalue weighted by molar-refractivity contribution is 7.13. The smallest absolute Gasteiger partial charge is 0.410 e. The Morgan fingerprint density at radius 3 is 2.41 bits per heavy atom. The zero-order chi connectivity index (χ0) is 66.4. The number of benzene rings is 3. The molecule has 2 bridgehead atoms. The largest absolute Gasteiger partial charge is 0.475 e. The summed E-state index contributed by atoms with van der Waals surface area (Å²) in [6.07, 6.45) is 8.89. The summed E-state index contributed by atoms with van der Waals surface area (Å²) in [6.45, 7) is 21.1. The number of aromatic nitrogens is 5. The molecular formula is C72H90FN11O10S. The highest BCUT2D eigenvalue weighted by Crippen LogP contribution is 2.45. The average Bonchev–Trinajstić information content (AvgIpc) is 0.948. The molecule has 0 radical (unpaired) electrons. The number of pyridine rings is 1. The Morgan fingerprint density at radius 1 is 0.916 bits per heavy atom. The summed E-state index contributed by atoms with van der Waals surface area (Å²) in [4.78, 5) is 73.2. The van der Waals surface area contributed by atoms with Crippen molar-refractivity contribution in [3.05, 3.63) is 101 Å². The first-order valence-corrected chi connectivity index (χ1v) is 34.9. The molecule has 0 spiro atoms. The molecule has 10 heterocycles. The van der Waals surface area contributed by atoms with Gasteiger partial charge in [-0.25, -0.2) is 14.2 Å². The molecule has 6 aliphatic heterocycles. The lowest BCUT2D eigenvalue weighted by molar-refractivity contribution is -0.141. The lowest BCUT2D eigenvalue weighted by atomic mass is 9.91. The number of ether oxygens (including phenoxy) is 5. The van der Waals surface area contributed by atoms with E-state index in [4.69, 9.17) is 43.2 Å². The SMILES string of the molecule is CCc1cccc2cc(OCOC)cc(-c3ncc4c(N5CC6CCC(C5)N6C(=O)OC(C)(C)C)nc(OC[C@@]56CCCN5[C@H](CN5CCC(COc7cc([C@H](C(=O)N8C[C@H](O)C[C@H]8C(=O)N[C@@H](C)c8ccc(-c9scnc9C)cc8)C(C)C)on7)CC5)CC6)nc4c3F)c12. The molecule has 6 aliphatic rings. The molecule has 3 amide bonds. The summed E-state index contributed by atoms with van der Waals surface area (Å²) in [6, 6.07) is 18.6. The van der Waals surface area contributed by atoms with Gasteiger partial charge in [-0.3, -0.25) is 24.4 Å². The molecule has 7 aromatic rings. The molecule has 0 aliphatic carbocycles. The minimum absolute atomic E-state index is 0.0247. The molecule has 3 aromatic carbocycles. The van der Waals surface area contributed by atoms with Gasteiger partial charge in [-0.1, -0.05) is 63.2 Å². The first-order valence-electron chi connectivity index (χ1n) is 34.1. The van der Waals surface area contributed by atoms with Crippen LogP contribution in [0.1, 0.15) is 141 Å². The van der Waals surface area contributed by atoms with Crippen LogP contribution in [0, 0.1) is 24.6 Å². The number of β-amino-alcohol motifs (C(OH)–C–C–N with tert-alkyl or cyclic N) is 1. The maximum absolute atomic E-state index is 17.9. The summed E-state index contributed by atoms with van der Waals surface area (Å²) in [5, 5.41) is 20.5. The van der Waals surface area contributed by atoms with E-state index in [0.29, 0.717) is 72.4 Å². The Balaban J connectivity index is 0.651. The molecule has 95 heavy (non-hydrogen) atoms. The van der Waals surface area contributed by atoms with Gasteiger partial charge >= 0.3 is 12.1 Å². The molecule has 6 saturated heterocycles. The molecular weight excluding hydrogens is 1230 g/mol. The molecule has 6 fully saturated rings. The number of nitrogens with one attached hydrogen (secondary N) is 1. The summed E-state index contributed by atoms with van der Waals surface area (Å²) < 4.78 is 54.0. The Hall–Kier alpha value is -7.57. The number of carbonyl (C=O) groups is 3. The van der Waals surface area contributed by atoms with Crippen molar-refractivity contribution in [3.63, 3.8) is 0 Å². The molecule has 8 atom stereocenters. The van der Waals surface area contributed by atoms with Gasteiger partial charge in [-0.15, -0.1) is 11.3 Å². The average molecular weight is 1320 g/mol. The summed E-state index contributed by atoms with van der Waals surface area (Å²) >= 11 is 1.59. The van der Waals surface area contributed by atoms with Crippen LogP contribution in [0.4, 0.5) is 15.0 Å². The van der Waals surface area contributed by atoms with Crippen LogP contribution in [0.2, 0.25) is 0 Å². The Labute approximate surface area is 559 Å². The number of thiazole rings is 1. The number of nitrogens with zero attached hydrogens (tertiary/aromatic N) is 10. The van der Waals surface area contributed by atoms with Crippen LogP contribution in [-0.2, 0) is 25.5 Å². The lowest BCUT2D eigenvalue weighted by Crippen LogP contribution is -2.57. The van der Waals surface area contributed by atoms with Gasteiger partial charge in [-0.05, 0) is 169 Å². The number of hydrogen-bond acceptors (Lipinski definition) is 19. The van der Waals surface area contributed by atoms with Crippen LogP contribution < -0.4 is 24.4 Å². The number of fused-ring (bicyclic) bond motifs is 5. The minimum atomic E-state index is -0.850. The standard InChI is InChI=1S/C72H90FN11O10S/c1-10-46-13-11-14-49-29-54(92-41-89-9)31-55(61(46)49)63-62(73)64-56(33-74-63)66(81-35-51-19-20-52(36-81)84(51)70(88)93-71(6,7)8)78-69(77-64)91-39-72-24-12-26-83(72)50(21-25-72)34-80-27-22-45(23-28-80)38-90-59-32-58(94-79-59)60(42(2)3)68(87)82-37-53(85)30-57(82)67(86)76-43(4)47-15-17-48(18-16-47)65-44(5)75-40-95-65/h11,13-18,29,31-33,40,42-43,45,50-53,57,60,85H,10,12,19-28,30,34-39,41H2,1-9H3,(H,76,86)/t43-,50-,51?,52?,53+,57-,60+,72-/m0/s1. The first kappa shape index (κ1) is 66.1. The van der Waals surface area contributed by atoms with Crippen molar-refractivity contribution in [1.82, 2.24) is 50.0 Å². The third-order valence-electron chi connectivity index (χ3n) is 20.6. The van der Waals surface area contributed by atoms with E-state index in [1.807, 2.05) is 107 Å². The van der Waals surface area contributed by atoms with Crippen molar-refractivity contribution in [2.75, 3.05) is 77.8 Å². The number of aliphatic hydroxyl groups excluding tert-OH is 1. The van der Waals surface area contributed by atoms with E-state index in [1.165, 1.54) is 4.90 Å². The fraction of sp³-hybridized carbons (Fsp3) is 0.556. The van der Waals surface area contributed by atoms with Gasteiger partial charge in [0.2, 0.25) is 11.8 Å². The highest BCUT2D eigenvalue weighted by atomic mass is 32.1. The van der Waals surface area contributed by atoms with Crippen molar-refractivity contribution in [1.29, 1.82) is 0 Å². The second-order valence-corrected chi connectivity index (χ2v) is 29.3. The van der Waals surface area contributed by atoms with E-state index < -0.39 is 29.5 Å². The van der Waals surface area contributed by atoms with Crippen LogP contribution in [-0.4, -0.2) is 182 Å². The number of methoxy groups -OCH3 is 1. The quantitative estimate of drug-likeness (QED) is 0.0638. The Kier molecular flexibility index (Phi) is 19.1. The van der Waals surface area contributed by atoms with Gasteiger partial charge in [0.05, 0.1) is 57.8 Å². The summed E-state index contributed by atoms with van der Waals surface area (Å²) in [5.41, 5.74) is 5.82. The highest BCUT2D eigenvalue weighted by Gasteiger charge is 2.51. The number of amides is 3. The second-order valence-electron chi connectivity index (χ2n) is 28.4. The topological polar surface area (TPSA) is 223 Å². The third kappa shape index (κ3) is 13.7. The van der Waals surface area contributed by atoms with E-state index in [1.54, 1.807) is 30.7 Å². The molecule has 2 unspecified atom stereocenters. The number of aryl methyl sites for hydroxylation is 2. The van der Waals surface area contributed by atoms with Gasteiger partial charge in [0, 0.05) is 63.6 Å². The normalized spacial score (nSPS) is 23.2. The molecule has 2 N–H and O–H groups in total. The zero-order valence-corrected chi connectivity index (χ0v) is 57.0. The number of carbonyl (C=O) groups excluding carboxylic acids is 3. The fourth-order valence-electron chi connectivity index (χ4n) is 15.8. The number of piperidine rings is 1. The van der Waals surface area contributed by atoms with Gasteiger partial charge in [0.1, 0.15) is 46.9 Å². The number of likely N-dealkylation sites (tertiary alicyclic amines) is 2. The Morgan fingerprint density at radius 2 is 1.69 bits per heavy atom. The number of piperazine rings is 1. The molecule has 506 valence electrons. The zero-order valence-electron chi connectivity index (χ0n) is 56.1. The van der Waals surface area contributed by atoms with Crippen LogP contribution >= 0.6 is 11.3 Å². The maximum atomic E-state index is 17.9. The third-order valence-corrected chi connectivity index (χ3v) is 21.6. The van der Waals surface area contributed by atoms with Crippen LogP contribution in [0.5, 0.6) is 17.6 Å². The number of aliphatic hydroxyl groups is 1. The van der Waals surface area contributed by atoms with Gasteiger partial charge in [-0.2, -0.15) is 9.97 Å². The number of hydrogen-bond donors (Lipinski definition) is 2. The maximum Gasteiger partial charge on any atom is 0.410 e. The van der Waals surface area contributed by atoms with Crippen LogP contribution in [0.3, 0.4) is 0 Å². The van der Waals surface area contributed by atoms with Crippen molar-refractivity contribution in [2.24, 2.45) is 11.8 Å². The Bertz CT molecular complexity index is 3910. The summed E-state index contributed by atoms with van der Waals surface area (Å²) in [7, 11) is 1.56. The fourth-order valence-corrected chi connectivity index (χ4v) is 16.6. The second kappa shape index (κ2) is 27.5. The lowest BCUT2D eigenvalue weighted by Gasteiger charge is -2.42. The van der Waals surface area contributed by atoms with E-state index in [0.717, 1.165) is 122 Å². The monoisotopic (exact) mass is 1320 g/mol. The predicted molar refractivity (Wildman–Crippen MR) is 360 cm³/mol. The molecule has 13 rings (SSSR count). The van der Waals surface area contributed by atoms with Gasteiger partial charge in [0.25, 0.3) is 5.88 Å². The van der Waals surface area contributed by atoms with Crippen molar-refractivity contribution in [2.45, 2.75) is 173 Å². The molecule has 4 aromatic heterocycles. The number of anilines is 1. The molecule has 21 nitrogen and oxygen atoms in total. The van der Waals surface area contributed by atoms with Gasteiger partial charge in [0.15, 0.2) is 18.4 Å². The van der Waals surface area contributed by atoms with E-state index in [2.05, 4.69) is 43.1 Å². The predicted octanol–water partition coefficient (Wildman–Crippen LogP) is 11.3. The summed E-state index contributed by atoms with van der Waals surface area (Å²) in [5.74, 6) is -0.117. The molecule has 23 heteroatoms. The van der Waals surface area contributed by atoms with E-state index in [9.17, 15) is 19.5 Å². The van der Waals surface area contributed by atoms with Crippen molar-refractivity contribution in [3.8, 4) is 39.3 Å². The number of rotatable bonds is 21. The van der Waals surface area contributed by atoms with Crippen molar-refractivity contribution < 1.29 is 52.1 Å². The van der Waals surface area contributed by atoms with Crippen LogP contribution in [0.15, 0.2) is 76.9 Å². The first-order chi connectivity index (χ1) is 45.7. The van der Waals surface area contributed by atoms with Crippen molar-refractivity contribution >= 4 is 56.7 Å². The minimum Gasteiger partial charge on any atom is -0.475 e. The molecule has 0 saturated carbocycles. The van der Waals surface area contributed by atoms with Crippen LogP contribution in [0.25, 0.3) is 43.4 Å². The van der Waals surface area contributed by atoms with E-state index >= 15 is 4.39 Å². The van der Waals surface area contributed by atoms with Gasteiger partial charge < -0.3 is 53.3 Å². The van der Waals surface area contributed by atoms with E-state index in [-0.39, 0.29) is 84.5 Å².